The number of nitrogens with zero attached hydrogens (tertiary/aromatic N) is 4. The monoisotopic (exact) mass is 542 g/mol. The number of esters is 1. The Morgan fingerprint density at radius 1 is 1.12 bits per heavy atom. The lowest BCUT2D eigenvalue weighted by atomic mass is 10.1. The second-order valence-corrected chi connectivity index (χ2v) is 8.57. The van der Waals surface area contributed by atoms with Crippen LogP contribution < -0.4 is 15.0 Å². The van der Waals surface area contributed by atoms with Crippen molar-refractivity contribution in [2.24, 2.45) is 5.10 Å². The third kappa shape index (κ3) is 4.85. The smallest absolute Gasteiger partial charge is 0.346 e. The number of nitro groups is 1. The number of hydrogen-bond donors (Lipinski definition) is 0. The summed E-state index contributed by atoms with van der Waals surface area (Å²) in [6.07, 6.45) is 0.123. The molecule has 3 aromatic carbocycles. The Kier molecular flexibility index (Phi) is 6.98. The normalized spacial score (nSPS) is 12.1. The van der Waals surface area contributed by atoms with Crippen molar-refractivity contribution >= 4 is 39.7 Å². The van der Waals surface area contributed by atoms with Crippen LogP contribution in [0.5, 0.6) is 11.5 Å². The van der Waals surface area contributed by atoms with Crippen LogP contribution in [0.2, 0.25) is 0 Å². The fourth-order valence-electron chi connectivity index (χ4n) is 4.09. The van der Waals surface area contributed by atoms with Crippen LogP contribution in [-0.2, 0) is 9.53 Å². The first-order valence-electron chi connectivity index (χ1n) is 12.0. The molecule has 0 amide bonds. The number of methoxy groups -OCH3 is 2. The number of fused-ring (bicyclic) bond motifs is 2. The summed E-state index contributed by atoms with van der Waals surface area (Å²) in [4.78, 5) is 41.2. The molecule has 12 heteroatoms. The van der Waals surface area contributed by atoms with Crippen LogP contribution in [0.3, 0.4) is 0 Å². The second kappa shape index (κ2) is 10.7. The van der Waals surface area contributed by atoms with Gasteiger partial charge < -0.3 is 18.6 Å². The van der Waals surface area contributed by atoms with E-state index in [2.05, 4.69) is 14.8 Å². The molecule has 0 unspecified atom stereocenters. The molecular formula is C28H22N4O8. The van der Waals surface area contributed by atoms with Crippen molar-refractivity contribution in [3.05, 3.63) is 92.8 Å². The summed E-state index contributed by atoms with van der Waals surface area (Å²) in [6.45, 7) is 1.39. The van der Waals surface area contributed by atoms with Crippen molar-refractivity contribution in [3.63, 3.8) is 0 Å². The molecule has 1 atom stereocenters. The van der Waals surface area contributed by atoms with Crippen molar-refractivity contribution in [1.29, 1.82) is 0 Å². The predicted molar refractivity (Wildman–Crippen MR) is 146 cm³/mol. The number of furan rings is 1. The number of nitro benzene ring substituents is 1. The summed E-state index contributed by atoms with van der Waals surface area (Å²) in [5, 5.41) is 17.4. The zero-order valence-electron chi connectivity index (χ0n) is 21.6. The van der Waals surface area contributed by atoms with Gasteiger partial charge in [0, 0.05) is 17.0 Å². The molecule has 0 aliphatic carbocycles. The zero-order valence-corrected chi connectivity index (χ0v) is 21.6. The van der Waals surface area contributed by atoms with Crippen LogP contribution in [0.15, 0.2) is 81.0 Å². The van der Waals surface area contributed by atoms with Gasteiger partial charge in [-0.1, -0.05) is 30.3 Å². The average Bonchev–Trinajstić information content (AvgIpc) is 3.40. The van der Waals surface area contributed by atoms with Gasteiger partial charge in [0.15, 0.2) is 17.6 Å². The van der Waals surface area contributed by atoms with Gasteiger partial charge in [-0.15, -0.1) is 0 Å². The number of para-hydroxylation sites is 2. The highest BCUT2D eigenvalue weighted by Gasteiger charge is 2.27. The van der Waals surface area contributed by atoms with Gasteiger partial charge >= 0.3 is 11.7 Å². The van der Waals surface area contributed by atoms with Crippen molar-refractivity contribution in [3.8, 4) is 23.1 Å². The van der Waals surface area contributed by atoms with Gasteiger partial charge in [-0.25, -0.2) is 9.78 Å². The number of benzene rings is 3. The molecule has 0 N–H and O–H groups in total. The number of hydrogen-bond acceptors (Lipinski definition) is 10. The predicted octanol–water partition coefficient (Wildman–Crippen LogP) is 4.55. The van der Waals surface area contributed by atoms with Crippen LogP contribution in [0.4, 0.5) is 5.69 Å². The molecule has 202 valence electrons. The van der Waals surface area contributed by atoms with Crippen LogP contribution >= 0.6 is 0 Å². The van der Waals surface area contributed by atoms with E-state index in [9.17, 15) is 19.7 Å². The minimum Gasteiger partial charge on any atom is -0.493 e. The molecule has 2 aromatic heterocycles. The highest BCUT2D eigenvalue weighted by Crippen LogP contribution is 2.39. The van der Waals surface area contributed by atoms with E-state index in [-0.39, 0.29) is 22.9 Å². The maximum absolute atomic E-state index is 13.5. The molecule has 0 aliphatic heterocycles. The third-order valence-electron chi connectivity index (χ3n) is 6.02. The minimum atomic E-state index is -1.13. The quantitative estimate of drug-likeness (QED) is 0.119. The van der Waals surface area contributed by atoms with Gasteiger partial charge in [0.2, 0.25) is 11.6 Å². The lowest BCUT2D eigenvalue weighted by molar-refractivity contribution is -0.386. The Balaban J connectivity index is 1.64. The molecule has 5 aromatic rings. The standard InChI is InChI=1S/C28H22N4O8/c1-16(28(34)38-3)39-25-21(32(35)36)12-17(13-23(25)37-2)15-29-31-26(24-14-18-8-4-7-11-22(18)40-24)30-20-10-6-5-9-19(20)27(31)33/h4-16H,1-3H3/t16-/m1/s1. The number of rotatable bonds is 8. The van der Waals surface area contributed by atoms with Gasteiger partial charge in [-0.3, -0.25) is 14.9 Å². The first-order chi connectivity index (χ1) is 19.3. The maximum atomic E-state index is 13.5. The van der Waals surface area contributed by atoms with Crippen LogP contribution in [-0.4, -0.2) is 47.1 Å². The van der Waals surface area contributed by atoms with Crippen molar-refractivity contribution in [2.75, 3.05) is 14.2 Å². The molecule has 0 saturated carbocycles. The Labute approximate surface area is 226 Å². The zero-order chi connectivity index (χ0) is 28.4. The number of carbonyl (C=O) groups excluding carboxylic acids is 1. The molecule has 0 fully saturated rings. The third-order valence-corrected chi connectivity index (χ3v) is 6.02. The molecule has 12 nitrogen and oxygen atoms in total. The fourth-order valence-corrected chi connectivity index (χ4v) is 4.09. The Morgan fingerprint density at radius 3 is 2.60 bits per heavy atom. The molecule has 0 aliphatic rings. The summed E-state index contributed by atoms with van der Waals surface area (Å²) in [6, 6.07) is 18.5. The summed E-state index contributed by atoms with van der Waals surface area (Å²) >= 11 is 0. The summed E-state index contributed by atoms with van der Waals surface area (Å²) in [7, 11) is 2.48. The van der Waals surface area contributed by atoms with E-state index >= 15 is 0 Å². The molecule has 0 spiro atoms. The summed E-state index contributed by atoms with van der Waals surface area (Å²) in [5.74, 6) is -0.541. The average molecular weight is 543 g/mol. The van der Waals surface area contributed by atoms with Gasteiger partial charge in [0.05, 0.1) is 36.3 Å². The van der Waals surface area contributed by atoms with E-state index in [4.69, 9.17) is 13.9 Å². The van der Waals surface area contributed by atoms with E-state index in [0.717, 1.165) is 10.1 Å². The molecular weight excluding hydrogens is 520 g/mol. The first-order valence-corrected chi connectivity index (χ1v) is 12.0. The van der Waals surface area contributed by atoms with E-state index in [0.29, 0.717) is 22.2 Å². The van der Waals surface area contributed by atoms with Crippen molar-refractivity contribution < 1.29 is 28.3 Å². The topological polar surface area (TPSA) is 148 Å². The first kappa shape index (κ1) is 26.1. The SMILES string of the molecule is COC(=O)[C@@H](C)Oc1c(OC)cc(C=Nn2c(-c3cc4ccccc4o3)nc3ccccc3c2=O)cc1[N+](=O)[O-]. The Bertz CT molecular complexity index is 1820. The summed E-state index contributed by atoms with van der Waals surface area (Å²) in [5.41, 5.74) is 0.335. The van der Waals surface area contributed by atoms with E-state index in [1.54, 1.807) is 36.4 Å². The molecule has 0 bridgehead atoms. The van der Waals surface area contributed by atoms with E-state index in [1.165, 1.54) is 39.5 Å². The molecule has 0 saturated heterocycles. The maximum Gasteiger partial charge on any atom is 0.346 e. The van der Waals surface area contributed by atoms with Crippen LogP contribution in [0.25, 0.3) is 33.5 Å². The Hall–Kier alpha value is -5.52. The van der Waals surface area contributed by atoms with Crippen LogP contribution in [0, 0.1) is 10.1 Å². The molecule has 0 radical (unpaired) electrons. The van der Waals surface area contributed by atoms with E-state index < -0.39 is 28.2 Å². The molecule has 2 heterocycles. The summed E-state index contributed by atoms with van der Waals surface area (Å²) < 4.78 is 22.5. The molecule has 40 heavy (non-hydrogen) atoms. The highest BCUT2D eigenvalue weighted by atomic mass is 16.6. The van der Waals surface area contributed by atoms with Gasteiger partial charge in [0.25, 0.3) is 5.56 Å². The van der Waals surface area contributed by atoms with Crippen molar-refractivity contribution in [2.45, 2.75) is 13.0 Å². The lowest BCUT2D eigenvalue weighted by Crippen LogP contribution is -2.25. The minimum absolute atomic E-state index is 0.0205. The number of ether oxygens (including phenoxy) is 3. The fraction of sp³-hybridized carbons (Fsp3) is 0.143. The van der Waals surface area contributed by atoms with E-state index in [1.807, 2.05) is 18.2 Å². The van der Waals surface area contributed by atoms with Crippen molar-refractivity contribution in [1.82, 2.24) is 9.66 Å². The van der Waals surface area contributed by atoms with Gasteiger partial charge in [-0.05, 0) is 37.3 Å². The number of aromatic nitrogens is 2. The highest BCUT2D eigenvalue weighted by molar-refractivity contribution is 5.86. The number of carbonyl (C=O) groups is 1. The second-order valence-electron chi connectivity index (χ2n) is 8.57. The lowest BCUT2D eigenvalue weighted by Gasteiger charge is -2.15. The largest absolute Gasteiger partial charge is 0.493 e. The van der Waals surface area contributed by atoms with Gasteiger partial charge in [-0.2, -0.15) is 9.78 Å². The van der Waals surface area contributed by atoms with Gasteiger partial charge in [0.1, 0.15) is 5.58 Å². The molecule has 5 rings (SSSR count). The Morgan fingerprint density at radius 2 is 1.88 bits per heavy atom. The van der Waals surface area contributed by atoms with Crippen LogP contribution in [0.1, 0.15) is 12.5 Å².